The molecule has 2 aromatic carbocycles. The molecule has 0 bridgehead atoms. The molecular formula is C26H27FN6O3. The Morgan fingerprint density at radius 2 is 1.97 bits per heavy atom. The lowest BCUT2D eigenvalue weighted by atomic mass is 9.89. The van der Waals surface area contributed by atoms with Crippen LogP contribution in [-0.2, 0) is 11.8 Å². The fourth-order valence-electron chi connectivity index (χ4n) is 4.32. The monoisotopic (exact) mass is 490 g/mol. The minimum atomic E-state index is -0.614. The van der Waals surface area contributed by atoms with Crippen molar-refractivity contribution in [3.63, 3.8) is 0 Å². The number of hydrogen-bond donors (Lipinski definition) is 2. The molecule has 2 aromatic heterocycles. The Morgan fingerprint density at radius 1 is 1.14 bits per heavy atom. The summed E-state index contributed by atoms with van der Waals surface area (Å²) in [5, 5.41) is 11.4. The van der Waals surface area contributed by atoms with Crippen LogP contribution in [0, 0.1) is 5.82 Å². The first-order chi connectivity index (χ1) is 17.4. The summed E-state index contributed by atoms with van der Waals surface area (Å²) in [4.78, 5) is 22.3. The zero-order valence-electron chi connectivity index (χ0n) is 20.2. The molecule has 5 rings (SSSR count). The van der Waals surface area contributed by atoms with Crippen LogP contribution in [0.4, 0.5) is 10.3 Å². The molecule has 1 aliphatic carbocycles. The van der Waals surface area contributed by atoms with Crippen molar-refractivity contribution < 1.29 is 18.7 Å². The van der Waals surface area contributed by atoms with Gasteiger partial charge in [0.05, 0.1) is 31.0 Å². The molecule has 0 radical (unpaired) electrons. The number of halogens is 1. The van der Waals surface area contributed by atoms with Crippen molar-refractivity contribution in [2.45, 2.75) is 31.0 Å². The Bertz CT molecular complexity index is 1400. The summed E-state index contributed by atoms with van der Waals surface area (Å²) in [5.41, 5.74) is 2.37. The summed E-state index contributed by atoms with van der Waals surface area (Å²) >= 11 is 0. The van der Waals surface area contributed by atoms with E-state index in [9.17, 15) is 9.18 Å². The van der Waals surface area contributed by atoms with Gasteiger partial charge in [-0.2, -0.15) is 5.10 Å². The Morgan fingerprint density at radius 3 is 2.67 bits per heavy atom. The number of aryl methyl sites for hydroxylation is 1. The molecule has 0 unspecified atom stereocenters. The third-order valence-electron chi connectivity index (χ3n) is 6.45. The smallest absolute Gasteiger partial charge is 0.252 e. The number of rotatable bonds is 8. The molecule has 0 aliphatic heterocycles. The van der Waals surface area contributed by atoms with Gasteiger partial charge in [-0.15, -0.1) is 0 Å². The Hall–Kier alpha value is -4.05. The molecule has 1 aliphatic rings. The van der Waals surface area contributed by atoms with E-state index >= 15 is 0 Å². The van der Waals surface area contributed by atoms with Crippen LogP contribution in [0.3, 0.4) is 0 Å². The van der Waals surface area contributed by atoms with Crippen LogP contribution in [0.1, 0.15) is 40.4 Å². The van der Waals surface area contributed by atoms with E-state index in [4.69, 9.17) is 9.47 Å². The predicted molar refractivity (Wildman–Crippen MR) is 132 cm³/mol. The van der Waals surface area contributed by atoms with Gasteiger partial charge in [-0.05, 0) is 42.7 Å². The number of nitrogens with zero attached hydrogens (tertiary/aromatic N) is 4. The summed E-state index contributed by atoms with van der Waals surface area (Å²) in [6.45, 7) is 0. The molecule has 36 heavy (non-hydrogen) atoms. The van der Waals surface area contributed by atoms with Gasteiger partial charge in [-0.3, -0.25) is 9.48 Å². The number of anilines is 1. The standard InChI is InChI=1S/C26H27FN6O3/c1-33-14-18(13-29-33)24(15-6-7-23(36-3)21(27)8-15)32-25(34)16-4-5-17-12-28-26(31-22(17)9-16)30-19-10-20(11-19)35-2/h4-9,12-14,19-20,24H,10-11H2,1-3H3,(H,32,34)(H,28,30,31)/t19?,20?,24-/m0/s1. The maximum absolute atomic E-state index is 14.5. The molecule has 9 nitrogen and oxygen atoms in total. The van der Waals surface area contributed by atoms with Crippen LogP contribution < -0.4 is 15.4 Å². The zero-order valence-corrected chi connectivity index (χ0v) is 20.2. The number of carbonyl (C=O) groups is 1. The summed E-state index contributed by atoms with van der Waals surface area (Å²) in [6, 6.07) is 9.53. The van der Waals surface area contributed by atoms with Gasteiger partial charge < -0.3 is 20.1 Å². The molecular weight excluding hydrogens is 463 g/mol. The van der Waals surface area contributed by atoms with Crippen LogP contribution >= 0.6 is 0 Å². The normalized spacial score (nSPS) is 17.9. The number of benzene rings is 2. The minimum absolute atomic E-state index is 0.133. The van der Waals surface area contributed by atoms with E-state index in [2.05, 4.69) is 25.7 Å². The average molecular weight is 491 g/mol. The fourth-order valence-corrected chi connectivity index (χ4v) is 4.32. The first-order valence-electron chi connectivity index (χ1n) is 11.6. The van der Waals surface area contributed by atoms with Gasteiger partial charge in [0.15, 0.2) is 11.6 Å². The Balaban J connectivity index is 1.39. The SMILES string of the molecule is COc1ccc([C@H](NC(=O)c2ccc3cnc(NC4CC(OC)C4)nc3c2)c2cnn(C)c2)cc1F. The van der Waals surface area contributed by atoms with Crippen molar-refractivity contribution in [2.24, 2.45) is 7.05 Å². The van der Waals surface area contributed by atoms with Gasteiger partial charge in [-0.25, -0.2) is 14.4 Å². The molecule has 1 amide bonds. The van der Waals surface area contributed by atoms with E-state index in [-0.39, 0.29) is 23.8 Å². The first kappa shape index (κ1) is 23.7. The van der Waals surface area contributed by atoms with E-state index in [0.29, 0.717) is 22.6 Å². The zero-order chi connectivity index (χ0) is 25.2. The minimum Gasteiger partial charge on any atom is -0.494 e. The molecule has 1 saturated carbocycles. The third-order valence-corrected chi connectivity index (χ3v) is 6.45. The Labute approximate surface area is 207 Å². The van der Waals surface area contributed by atoms with E-state index < -0.39 is 11.9 Å². The van der Waals surface area contributed by atoms with E-state index in [1.54, 1.807) is 61.7 Å². The molecule has 2 heterocycles. The number of aromatic nitrogens is 4. The van der Waals surface area contributed by atoms with Gasteiger partial charge >= 0.3 is 0 Å². The lowest BCUT2D eigenvalue weighted by Crippen LogP contribution is -2.40. The van der Waals surface area contributed by atoms with Gasteiger partial charge in [-0.1, -0.05) is 12.1 Å². The van der Waals surface area contributed by atoms with Crippen molar-refractivity contribution in [1.82, 2.24) is 25.1 Å². The maximum Gasteiger partial charge on any atom is 0.252 e. The molecule has 2 N–H and O–H groups in total. The predicted octanol–water partition coefficient (Wildman–Crippen LogP) is 3.62. The number of carbonyl (C=O) groups excluding carboxylic acids is 1. The number of amides is 1. The van der Waals surface area contributed by atoms with Crippen molar-refractivity contribution in [1.29, 1.82) is 0 Å². The summed E-state index contributed by atoms with van der Waals surface area (Å²) in [5.74, 6) is -0.185. The highest BCUT2D eigenvalue weighted by molar-refractivity contribution is 5.98. The summed E-state index contributed by atoms with van der Waals surface area (Å²) in [7, 11) is 4.90. The largest absolute Gasteiger partial charge is 0.494 e. The number of methoxy groups -OCH3 is 2. The summed E-state index contributed by atoms with van der Waals surface area (Å²) < 4.78 is 26.5. The fraction of sp³-hybridized carbons (Fsp3) is 0.308. The van der Waals surface area contributed by atoms with Crippen molar-refractivity contribution in [2.75, 3.05) is 19.5 Å². The number of nitrogens with one attached hydrogen (secondary N) is 2. The van der Waals surface area contributed by atoms with Crippen LogP contribution in [0.5, 0.6) is 5.75 Å². The first-order valence-corrected chi connectivity index (χ1v) is 11.6. The lowest BCUT2D eigenvalue weighted by Gasteiger charge is -2.34. The molecule has 0 spiro atoms. The third kappa shape index (κ3) is 4.85. The van der Waals surface area contributed by atoms with Gasteiger partial charge in [0.2, 0.25) is 5.95 Å². The summed E-state index contributed by atoms with van der Waals surface area (Å²) in [6.07, 6.45) is 7.24. The highest BCUT2D eigenvalue weighted by Crippen LogP contribution is 2.28. The number of fused-ring (bicyclic) bond motifs is 1. The highest BCUT2D eigenvalue weighted by atomic mass is 19.1. The van der Waals surface area contributed by atoms with Crippen LogP contribution in [0.2, 0.25) is 0 Å². The quantitative estimate of drug-likeness (QED) is 0.389. The van der Waals surface area contributed by atoms with Gasteiger partial charge in [0.25, 0.3) is 5.91 Å². The molecule has 1 atom stereocenters. The molecule has 4 aromatic rings. The van der Waals surface area contributed by atoms with Crippen molar-refractivity contribution in [3.05, 3.63) is 77.5 Å². The Kier molecular flexibility index (Phi) is 6.51. The van der Waals surface area contributed by atoms with Crippen molar-refractivity contribution in [3.8, 4) is 5.75 Å². The maximum atomic E-state index is 14.5. The van der Waals surface area contributed by atoms with Crippen LogP contribution in [0.25, 0.3) is 10.9 Å². The van der Waals surface area contributed by atoms with Gasteiger partial charge in [0.1, 0.15) is 0 Å². The molecule has 10 heteroatoms. The molecule has 1 fully saturated rings. The van der Waals surface area contributed by atoms with Crippen LogP contribution in [-0.4, -0.2) is 52.0 Å². The van der Waals surface area contributed by atoms with E-state index in [1.807, 2.05) is 6.07 Å². The van der Waals surface area contributed by atoms with Crippen LogP contribution in [0.15, 0.2) is 55.0 Å². The second-order valence-corrected chi connectivity index (χ2v) is 8.89. The number of hydrogen-bond acceptors (Lipinski definition) is 7. The molecule has 186 valence electrons. The van der Waals surface area contributed by atoms with Gasteiger partial charge in [0, 0.05) is 49.1 Å². The van der Waals surface area contributed by atoms with E-state index in [0.717, 1.165) is 23.8 Å². The van der Waals surface area contributed by atoms with Crippen molar-refractivity contribution >= 4 is 22.8 Å². The average Bonchev–Trinajstić information content (AvgIpc) is 3.29. The molecule has 0 saturated heterocycles. The second kappa shape index (κ2) is 9.90. The number of ether oxygens (including phenoxy) is 2. The lowest BCUT2D eigenvalue weighted by molar-refractivity contribution is 0.0327. The topological polar surface area (TPSA) is 103 Å². The van der Waals surface area contributed by atoms with E-state index in [1.165, 1.54) is 13.2 Å². The highest BCUT2D eigenvalue weighted by Gasteiger charge is 2.29. The second-order valence-electron chi connectivity index (χ2n) is 8.89.